The van der Waals surface area contributed by atoms with E-state index in [1.54, 1.807) is 12.1 Å². The number of nitrogens with zero attached hydrogens (tertiary/aromatic N) is 3. The van der Waals surface area contributed by atoms with E-state index in [1.165, 1.54) is 4.90 Å². The van der Waals surface area contributed by atoms with Gasteiger partial charge in [-0.2, -0.15) is 5.10 Å². The summed E-state index contributed by atoms with van der Waals surface area (Å²) in [7, 11) is 1.66. The average Bonchev–Trinajstić information content (AvgIpc) is 2.73. The molecule has 6 nitrogen and oxygen atoms in total. The van der Waals surface area contributed by atoms with Gasteiger partial charge >= 0.3 is 6.09 Å². The number of carbonyl (C=O) groups is 2. The van der Waals surface area contributed by atoms with Gasteiger partial charge in [-0.1, -0.05) is 26.7 Å². The molecule has 0 spiro atoms. The monoisotopic (exact) mass is 311 g/mol. The fourth-order valence-corrected chi connectivity index (χ4v) is 2.23. The summed E-state index contributed by atoms with van der Waals surface area (Å²) < 4.78 is 5.30. The second kappa shape index (κ2) is 7.61. The van der Waals surface area contributed by atoms with Gasteiger partial charge in [-0.3, -0.25) is 4.79 Å². The van der Waals surface area contributed by atoms with E-state index in [2.05, 4.69) is 18.9 Å². The van der Waals surface area contributed by atoms with E-state index < -0.39 is 11.7 Å². The Morgan fingerprint density at radius 2 is 1.95 bits per heavy atom. The molecule has 0 radical (unpaired) electrons. The lowest BCUT2D eigenvalue weighted by atomic mass is 10.0. The highest BCUT2D eigenvalue weighted by molar-refractivity contribution is 6.06. The minimum Gasteiger partial charge on any atom is -0.444 e. The van der Waals surface area contributed by atoms with Crippen molar-refractivity contribution in [3.8, 4) is 0 Å². The number of amides is 2. The zero-order valence-corrected chi connectivity index (χ0v) is 14.7. The zero-order chi connectivity index (χ0) is 16.9. The smallest absolute Gasteiger partial charge is 0.410 e. The van der Waals surface area contributed by atoms with Crippen LogP contribution < -0.4 is 0 Å². The van der Waals surface area contributed by atoms with Crippen molar-refractivity contribution in [3.05, 3.63) is 0 Å². The summed E-state index contributed by atoms with van der Waals surface area (Å²) >= 11 is 0. The Morgan fingerprint density at radius 3 is 2.45 bits per heavy atom. The molecule has 1 aliphatic heterocycles. The van der Waals surface area contributed by atoms with Gasteiger partial charge in [0.25, 0.3) is 0 Å². The molecular weight excluding hydrogens is 282 g/mol. The van der Waals surface area contributed by atoms with Crippen molar-refractivity contribution in [1.29, 1.82) is 0 Å². The summed E-state index contributed by atoms with van der Waals surface area (Å²) in [4.78, 5) is 25.4. The molecule has 6 heteroatoms. The minimum absolute atomic E-state index is 0.0134. The third kappa shape index (κ3) is 5.66. The van der Waals surface area contributed by atoms with Gasteiger partial charge in [-0.15, -0.1) is 0 Å². The van der Waals surface area contributed by atoms with E-state index >= 15 is 0 Å². The van der Waals surface area contributed by atoms with Crippen molar-refractivity contribution in [1.82, 2.24) is 9.91 Å². The highest BCUT2D eigenvalue weighted by Crippen LogP contribution is 2.16. The predicted octanol–water partition coefficient (Wildman–Crippen LogP) is 2.88. The summed E-state index contributed by atoms with van der Waals surface area (Å²) in [6.45, 7) is 10.7. The molecule has 1 rings (SSSR count). The first-order chi connectivity index (χ1) is 10.2. The van der Waals surface area contributed by atoms with Crippen molar-refractivity contribution in [2.75, 3.05) is 20.1 Å². The van der Waals surface area contributed by atoms with Crippen LogP contribution in [0.4, 0.5) is 4.79 Å². The quantitative estimate of drug-likeness (QED) is 0.757. The van der Waals surface area contributed by atoms with Crippen LogP contribution in [0.5, 0.6) is 0 Å². The molecule has 1 heterocycles. The molecule has 0 atom stereocenters. The van der Waals surface area contributed by atoms with Crippen LogP contribution in [0.25, 0.3) is 0 Å². The van der Waals surface area contributed by atoms with Gasteiger partial charge in [0.15, 0.2) is 0 Å². The third-order valence-corrected chi connectivity index (χ3v) is 3.62. The molecule has 0 N–H and O–H groups in total. The van der Waals surface area contributed by atoms with E-state index in [4.69, 9.17) is 4.74 Å². The van der Waals surface area contributed by atoms with Gasteiger partial charge in [0, 0.05) is 13.6 Å². The van der Waals surface area contributed by atoms with Crippen LogP contribution in [0.3, 0.4) is 0 Å². The topological polar surface area (TPSA) is 62.2 Å². The molecule has 2 amide bonds. The number of hydrogen-bond acceptors (Lipinski definition) is 4. The first kappa shape index (κ1) is 18.5. The molecule has 0 saturated heterocycles. The molecular formula is C16H29N3O3. The summed E-state index contributed by atoms with van der Waals surface area (Å²) in [6, 6.07) is 0. The highest BCUT2D eigenvalue weighted by Gasteiger charge is 2.28. The van der Waals surface area contributed by atoms with Crippen LogP contribution in [0, 0.1) is 5.92 Å². The van der Waals surface area contributed by atoms with E-state index in [0.29, 0.717) is 24.7 Å². The van der Waals surface area contributed by atoms with Crippen LogP contribution in [-0.2, 0) is 9.53 Å². The Labute approximate surface area is 133 Å². The van der Waals surface area contributed by atoms with Crippen molar-refractivity contribution in [3.63, 3.8) is 0 Å². The molecule has 0 fully saturated rings. The SMILES string of the molecule is CCC(CC)CN1N=C(CN(C)C(=O)OC(C)(C)C)CC1=O. The van der Waals surface area contributed by atoms with Gasteiger partial charge in [0.2, 0.25) is 5.91 Å². The van der Waals surface area contributed by atoms with Gasteiger partial charge < -0.3 is 9.64 Å². The summed E-state index contributed by atoms with van der Waals surface area (Å²) in [5.74, 6) is 0.482. The minimum atomic E-state index is -0.528. The van der Waals surface area contributed by atoms with Crippen LogP contribution in [-0.4, -0.2) is 53.4 Å². The molecule has 0 saturated carbocycles. The van der Waals surface area contributed by atoms with E-state index in [9.17, 15) is 9.59 Å². The van der Waals surface area contributed by atoms with Gasteiger partial charge in [0.1, 0.15) is 5.60 Å². The fraction of sp³-hybridized carbons (Fsp3) is 0.812. The second-order valence-electron chi connectivity index (χ2n) is 6.84. The molecule has 0 aromatic heterocycles. The Kier molecular flexibility index (Phi) is 6.38. The van der Waals surface area contributed by atoms with Gasteiger partial charge in [-0.05, 0) is 26.7 Å². The van der Waals surface area contributed by atoms with Gasteiger partial charge in [-0.25, -0.2) is 9.80 Å². The Balaban J connectivity index is 2.59. The maximum Gasteiger partial charge on any atom is 0.410 e. The largest absolute Gasteiger partial charge is 0.444 e. The van der Waals surface area contributed by atoms with Crippen LogP contribution in [0.1, 0.15) is 53.9 Å². The van der Waals surface area contributed by atoms with Crippen molar-refractivity contribution >= 4 is 17.7 Å². The van der Waals surface area contributed by atoms with Crippen LogP contribution in [0.2, 0.25) is 0 Å². The normalized spacial score (nSPS) is 15.3. The summed E-state index contributed by atoms with van der Waals surface area (Å²) in [5.41, 5.74) is 0.185. The second-order valence-corrected chi connectivity index (χ2v) is 6.84. The van der Waals surface area contributed by atoms with Crippen molar-refractivity contribution < 1.29 is 14.3 Å². The molecule has 22 heavy (non-hydrogen) atoms. The maximum absolute atomic E-state index is 12.0. The standard InChI is InChI=1S/C16H29N3O3/c1-7-12(8-2)10-19-14(20)9-13(17-19)11-18(6)15(21)22-16(3,4)5/h12H,7-11H2,1-6H3. The van der Waals surface area contributed by atoms with Gasteiger partial charge in [0.05, 0.1) is 18.7 Å². The fourth-order valence-electron chi connectivity index (χ4n) is 2.23. The predicted molar refractivity (Wildman–Crippen MR) is 86.7 cm³/mol. The van der Waals surface area contributed by atoms with Crippen LogP contribution >= 0.6 is 0 Å². The zero-order valence-electron chi connectivity index (χ0n) is 14.7. The average molecular weight is 311 g/mol. The highest BCUT2D eigenvalue weighted by atomic mass is 16.6. The van der Waals surface area contributed by atoms with E-state index in [-0.39, 0.29) is 12.3 Å². The number of rotatable bonds is 6. The molecule has 0 bridgehead atoms. The third-order valence-electron chi connectivity index (χ3n) is 3.62. The molecule has 1 aliphatic rings. The lowest BCUT2D eigenvalue weighted by Gasteiger charge is -2.24. The number of hydrazone groups is 1. The van der Waals surface area contributed by atoms with E-state index in [0.717, 1.165) is 12.8 Å². The lowest BCUT2D eigenvalue weighted by molar-refractivity contribution is -0.129. The summed E-state index contributed by atoms with van der Waals surface area (Å²) in [6.07, 6.45) is 1.94. The van der Waals surface area contributed by atoms with Crippen molar-refractivity contribution in [2.24, 2.45) is 11.0 Å². The first-order valence-electron chi connectivity index (χ1n) is 7.97. The Hall–Kier alpha value is -1.59. The molecule has 126 valence electrons. The molecule has 0 aromatic rings. The lowest BCUT2D eigenvalue weighted by Crippen LogP contribution is -2.37. The van der Waals surface area contributed by atoms with Crippen molar-refractivity contribution in [2.45, 2.75) is 59.5 Å². The molecule has 0 unspecified atom stereocenters. The summed E-state index contributed by atoms with van der Waals surface area (Å²) in [5, 5.41) is 5.93. The number of carbonyl (C=O) groups excluding carboxylic acids is 2. The molecule has 0 aliphatic carbocycles. The van der Waals surface area contributed by atoms with E-state index in [1.807, 2.05) is 20.8 Å². The van der Waals surface area contributed by atoms with Crippen LogP contribution in [0.15, 0.2) is 5.10 Å². The maximum atomic E-state index is 12.0. The Bertz CT molecular complexity index is 436. The first-order valence-corrected chi connectivity index (χ1v) is 7.97. The number of hydrogen-bond donors (Lipinski definition) is 0. The molecule has 0 aromatic carbocycles. The number of ether oxygens (including phenoxy) is 1. The Morgan fingerprint density at radius 1 is 1.36 bits per heavy atom.